The number of carboxylic acid groups (broad SMARTS) is 1. The number of likely N-dealkylation sites (N-methyl/N-ethyl adjacent to an activating group) is 1. The molecular weight excluding hydrogens is 361 g/mol. The molecule has 0 bridgehead atoms. The van der Waals surface area contributed by atoms with E-state index >= 15 is 0 Å². The van der Waals surface area contributed by atoms with E-state index in [4.69, 9.17) is 5.11 Å². The van der Waals surface area contributed by atoms with Gasteiger partial charge in [0.25, 0.3) is 0 Å². The van der Waals surface area contributed by atoms with Gasteiger partial charge in [-0.25, -0.2) is 9.18 Å². The van der Waals surface area contributed by atoms with Crippen molar-refractivity contribution in [3.63, 3.8) is 0 Å². The molecule has 1 saturated carbocycles. The molecule has 0 spiro atoms. The molecule has 1 saturated heterocycles. The van der Waals surface area contributed by atoms with Gasteiger partial charge in [-0.05, 0) is 49.9 Å². The van der Waals surface area contributed by atoms with Crippen molar-refractivity contribution in [2.24, 2.45) is 0 Å². The van der Waals surface area contributed by atoms with Gasteiger partial charge in [0.2, 0.25) is 0 Å². The number of benzene rings is 1. The van der Waals surface area contributed by atoms with E-state index in [1.165, 1.54) is 12.1 Å². The molecule has 1 aliphatic heterocycles. The minimum absolute atomic E-state index is 0.0492. The highest BCUT2D eigenvalue weighted by atomic mass is 19.1. The van der Waals surface area contributed by atoms with Crippen LogP contribution in [0.3, 0.4) is 0 Å². The lowest BCUT2D eigenvalue weighted by Crippen LogP contribution is -2.53. The van der Waals surface area contributed by atoms with E-state index in [9.17, 15) is 14.0 Å². The van der Waals surface area contributed by atoms with Gasteiger partial charge >= 0.3 is 12.0 Å². The van der Waals surface area contributed by atoms with Gasteiger partial charge in [0.15, 0.2) is 0 Å². The first-order valence-corrected chi connectivity index (χ1v) is 10.2. The zero-order chi connectivity index (χ0) is 20.1. The highest BCUT2D eigenvalue weighted by Gasteiger charge is 2.39. The maximum absolute atomic E-state index is 13.2. The van der Waals surface area contributed by atoms with Crippen molar-refractivity contribution < 1.29 is 19.1 Å². The zero-order valence-corrected chi connectivity index (χ0v) is 16.5. The van der Waals surface area contributed by atoms with E-state index in [0.29, 0.717) is 26.2 Å². The van der Waals surface area contributed by atoms with E-state index in [-0.39, 0.29) is 29.8 Å². The SMILES string of the molecule is CCN(CC(=O)O)C1CCN(C(=O)NCC2(c3ccc(F)cc3)CCC2)CC1. The summed E-state index contributed by atoms with van der Waals surface area (Å²) in [5, 5.41) is 12.1. The molecule has 7 heteroatoms. The van der Waals surface area contributed by atoms with Gasteiger partial charge in [0, 0.05) is 31.1 Å². The molecule has 0 radical (unpaired) electrons. The van der Waals surface area contributed by atoms with Crippen LogP contribution in [0, 0.1) is 5.82 Å². The molecule has 0 atom stereocenters. The second-order valence-electron chi connectivity index (χ2n) is 7.97. The highest BCUT2D eigenvalue weighted by molar-refractivity contribution is 5.74. The summed E-state index contributed by atoms with van der Waals surface area (Å²) in [5.74, 6) is -1.05. The summed E-state index contributed by atoms with van der Waals surface area (Å²) in [6.07, 6.45) is 4.70. The van der Waals surface area contributed by atoms with Crippen LogP contribution in [0.15, 0.2) is 24.3 Å². The topological polar surface area (TPSA) is 72.9 Å². The molecule has 2 amide bonds. The second kappa shape index (κ2) is 8.90. The van der Waals surface area contributed by atoms with Gasteiger partial charge in [-0.1, -0.05) is 25.5 Å². The minimum atomic E-state index is -0.811. The summed E-state index contributed by atoms with van der Waals surface area (Å²) < 4.78 is 13.2. The smallest absolute Gasteiger partial charge is 0.317 e. The van der Waals surface area contributed by atoms with E-state index in [0.717, 1.165) is 37.7 Å². The normalized spacial score (nSPS) is 19.3. The van der Waals surface area contributed by atoms with Crippen LogP contribution in [0.4, 0.5) is 9.18 Å². The number of carbonyl (C=O) groups is 2. The fourth-order valence-electron chi connectivity index (χ4n) is 4.44. The molecule has 6 nitrogen and oxygen atoms in total. The predicted octanol–water partition coefficient (Wildman–Crippen LogP) is 2.83. The Labute approximate surface area is 165 Å². The molecule has 1 aromatic carbocycles. The molecule has 0 unspecified atom stereocenters. The van der Waals surface area contributed by atoms with Crippen molar-refractivity contribution in [1.82, 2.24) is 15.1 Å². The minimum Gasteiger partial charge on any atom is -0.480 e. The standard InChI is InChI=1S/C21H30FN3O3/c1-2-24(14-19(26)27)18-8-12-25(13-9-18)20(28)23-15-21(10-3-11-21)16-4-6-17(22)7-5-16/h4-7,18H,2-3,8-15H2,1H3,(H,23,28)(H,26,27). The van der Waals surface area contributed by atoms with Crippen molar-refractivity contribution in [3.05, 3.63) is 35.6 Å². The average molecular weight is 391 g/mol. The van der Waals surface area contributed by atoms with Crippen LogP contribution in [0.2, 0.25) is 0 Å². The van der Waals surface area contributed by atoms with Crippen LogP contribution in [-0.2, 0) is 10.2 Å². The van der Waals surface area contributed by atoms with Crippen molar-refractivity contribution in [1.29, 1.82) is 0 Å². The van der Waals surface area contributed by atoms with E-state index < -0.39 is 5.97 Å². The van der Waals surface area contributed by atoms with Crippen molar-refractivity contribution >= 4 is 12.0 Å². The number of urea groups is 1. The maximum Gasteiger partial charge on any atom is 0.317 e. The number of rotatable bonds is 7. The molecular formula is C21H30FN3O3. The molecule has 154 valence electrons. The third-order valence-electron chi connectivity index (χ3n) is 6.36. The number of carboxylic acids is 1. The summed E-state index contributed by atoms with van der Waals surface area (Å²) >= 11 is 0. The molecule has 3 rings (SSSR count). The largest absolute Gasteiger partial charge is 0.480 e. The first-order chi connectivity index (χ1) is 13.4. The summed E-state index contributed by atoms with van der Waals surface area (Å²) in [6, 6.07) is 6.77. The Bertz CT molecular complexity index is 683. The lowest BCUT2D eigenvalue weighted by Gasteiger charge is -2.43. The van der Waals surface area contributed by atoms with E-state index in [1.807, 2.05) is 28.9 Å². The van der Waals surface area contributed by atoms with Crippen LogP contribution >= 0.6 is 0 Å². The number of amides is 2. The first kappa shape index (κ1) is 20.6. The van der Waals surface area contributed by atoms with Crippen LogP contribution in [-0.4, -0.2) is 65.7 Å². The number of piperidine rings is 1. The summed E-state index contributed by atoms with van der Waals surface area (Å²) in [5.41, 5.74) is 1.01. The van der Waals surface area contributed by atoms with Gasteiger partial charge in [0.05, 0.1) is 6.54 Å². The highest BCUT2D eigenvalue weighted by Crippen LogP contribution is 2.43. The number of likely N-dealkylation sites (tertiary alicyclic amines) is 1. The Morgan fingerprint density at radius 1 is 1.25 bits per heavy atom. The monoisotopic (exact) mass is 391 g/mol. The molecule has 28 heavy (non-hydrogen) atoms. The Morgan fingerprint density at radius 2 is 1.89 bits per heavy atom. The second-order valence-corrected chi connectivity index (χ2v) is 7.97. The third-order valence-corrected chi connectivity index (χ3v) is 6.36. The van der Waals surface area contributed by atoms with Crippen molar-refractivity contribution in [2.75, 3.05) is 32.7 Å². The van der Waals surface area contributed by atoms with Gasteiger partial charge < -0.3 is 15.3 Å². The first-order valence-electron chi connectivity index (χ1n) is 10.2. The zero-order valence-electron chi connectivity index (χ0n) is 16.5. The summed E-state index contributed by atoms with van der Waals surface area (Å²) in [7, 11) is 0. The predicted molar refractivity (Wildman–Crippen MR) is 105 cm³/mol. The summed E-state index contributed by atoms with van der Waals surface area (Å²) in [4.78, 5) is 27.4. The molecule has 0 aromatic heterocycles. The van der Waals surface area contributed by atoms with Gasteiger partial charge in [0.1, 0.15) is 5.82 Å². The average Bonchev–Trinajstić information content (AvgIpc) is 2.66. The van der Waals surface area contributed by atoms with Crippen molar-refractivity contribution in [2.45, 2.75) is 50.5 Å². The molecule has 1 heterocycles. The van der Waals surface area contributed by atoms with E-state index in [2.05, 4.69) is 5.32 Å². The van der Waals surface area contributed by atoms with Crippen LogP contribution in [0.1, 0.15) is 44.6 Å². The Kier molecular flexibility index (Phi) is 6.54. The Morgan fingerprint density at radius 3 is 2.39 bits per heavy atom. The molecule has 1 aromatic rings. The van der Waals surface area contributed by atoms with Gasteiger partial charge in [-0.2, -0.15) is 0 Å². The lowest BCUT2D eigenvalue weighted by molar-refractivity contribution is -0.139. The molecule has 2 fully saturated rings. The fraction of sp³-hybridized carbons (Fsp3) is 0.619. The number of nitrogens with zero attached hydrogens (tertiary/aromatic N) is 2. The number of hydrogen-bond acceptors (Lipinski definition) is 3. The number of hydrogen-bond donors (Lipinski definition) is 2. The Balaban J connectivity index is 1.50. The molecule has 2 aliphatic rings. The summed E-state index contributed by atoms with van der Waals surface area (Å²) in [6.45, 7) is 4.55. The number of carbonyl (C=O) groups excluding carboxylic acids is 1. The van der Waals surface area contributed by atoms with Crippen LogP contribution in [0.5, 0.6) is 0 Å². The fourth-order valence-corrected chi connectivity index (χ4v) is 4.44. The van der Waals surface area contributed by atoms with E-state index in [1.54, 1.807) is 0 Å². The van der Waals surface area contributed by atoms with Crippen LogP contribution in [0.25, 0.3) is 0 Å². The number of nitrogens with one attached hydrogen (secondary N) is 1. The number of aliphatic carboxylic acids is 1. The Hall–Kier alpha value is -2.15. The van der Waals surface area contributed by atoms with Crippen LogP contribution < -0.4 is 5.32 Å². The molecule has 2 N–H and O–H groups in total. The lowest BCUT2D eigenvalue weighted by atomic mass is 9.64. The van der Waals surface area contributed by atoms with Crippen molar-refractivity contribution in [3.8, 4) is 0 Å². The maximum atomic E-state index is 13.2. The van der Waals surface area contributed by atoms with Gasteiger partial charge in [-0.3, -0.25) is 9.69 Å². The third kappa shape index (κ3) is 4.63. The quantitative estimate of drug-likeness (QED) is 0.750. The number of halogens is 1. The molecule has 1 aliphatic carbocycles. The van der Waals surface area contributed by atoms with Gasteiger partial charge in [-0.15, -0.1) is 0 Å².